The number of aromatic nitrogens is 2. The summed E-state index contributed by atoms with van der Waals surface area (Å²) < 4.78 is 47.0. The van der Waals surface area contributed by atoms with Gasteiger partial charge in [0.2, 0.25) is 0 Å². The van der Waals surface area contributed by atoms with Gasteiger partial charge in [-0.3, -0.25) is 4.79 Å². The number of hydrogen-bond donors (Lipinski definition) is 0. The lowest BCUT2D eigenvalue weighted by Gasteiger charge is -2.37. The van der Waals surface area contributed by atoms with E-state index in [0.29, 0.717) is 58.5 Å². The number of nitrogens with zero attached hydrogens (tertiary/aromatic N) is 6. The summed E-state index contributed by atoms with van der Waals surface area (Å²) in [7, 11) is 1.69. The van der Waals surface area contributed by atoms with Gasteiger partial charge in [-0.05, 0) is 63.2 Å². The van der Waals surface area contributed by atoms with Crippen LogP contribution in [0.3, 0.4) is 0 Å². The van der Waals surface area contributed by atoms with E-state index in [4.69, 9.17) is 4.74 Å². The molecule has 0 saturated carbocycles. The summed E-state index contributed by atoms with van der Waals surface area (Å²) in [6.07, 6.45) is -1.75. The van der Waals surface area contributed by atoms with Crippen LogP contribution in [0.25, 0.3) is 22.0 Å². The number of piperazine rings is 1. The minimum Gasteiger partial charge on any atom is -0.444 e. The predicted molar refractivity (Wildman–Crippen MR) is 165 cm³/mol. The van der Waals surface area contributed by atoms with Crippen LogP contribution in [0.15, 0.2) is 53.5 Å². The summed E-state index contributed by atoms with van der Waals surface area (Å²) in [5, 5.41) is 11.0. The monoisotopic (exact) mass is 624 g/mol. The number of benzene rings is 2. The molecule has 5 rings (SSSR count). The minimum atomic E-state index is -2.75. The lowest BCUT2D eigenvalue weighted by molar-refractivity contribution is 0.0240. The van der Waals surface area contributed by atoms with Crippen molar-refractivity contribution in [1.82, 2.24) is 14.5 Å². The van der Waals surface area contributed by atoms with Gasteiger partial charge >= 0.3 is 6.09 Å². The standard InChI is InChI=1S/C31H31F3N6O3S/c1-31(2,3)43-30(42)39-13-11-38(12-14-39)21-9-10-22-23(15-21)24(17-40(28(22)41)18-26(33)34)37(4)29-36-27(25(16-35)44-29)19-5-7-20(32)8-6-19/h5-10,15,17,26H,11-14,18H2,1-4H3. The molecule has 0 aliphatic carbocycles. The van der Waals surface area contributed by atoms with Gasteiger partial charge in [0.1, 0.15) is 28.1 Å². The van der Waals surface area contributed by atoms with Crippen LogP contribution in [-0.4, -0.2) is 65.8 Å². The number of alkyl halides is 2. The van der Waals surface area contributed by atoms with Gasteiger partial charge in [0.15, 0.2) is 5.13 Å². The number of amides is 1. The van der Waals surface area contributed by atoms with Crippen molar-refractivity contribution in [3.63, 3.8) is 0 Å². The van der Waals surface area contributed by atoms with Crippen molar-refractivity contribution in [2.75, 3.05) is 43.0 Å². The second kappa shape index (κ2) is 12.2. The van der Waals surface area contributed by atoms with E-state index in [9.17, 15) is 28.0 Å². The molecule has 4 aromatic rings. The summed E-state index contributed by atoms with van der Waals surface area (Å²) in [5.74, 6) is -0.422. The summed E-state index contributed by atoms with van der Waals surface area (Å²) in [6.45, 7) is 6.60. The van der Waals surface area contributed by atoms with E-state index in [1.807, 2.05) is 26.8 Å². The molecule has 0 unspecified atom stereocenters. The summed E-state index contributed by atoms with van der Waals surface area (Å²) in [6, 6.07) is 13.0. The maximum absolute atomic E-state index is 13.5. The van der Waals surface area contributed by atoms with Crippen LogP contribution in [0, 0.1) is 17.1 Å². The molecular weight excluding hydrogens is 593 g/mol. The van der Waals surface area contributed by atoms with E-state index >= 15 is 0 Å². The zero-order chi connectivity index (χ0) is 31.8. The number of carbonyl (C=O) groups excluding carboxylic acids is 1. The third-order valence-electron chi connectivity index (χ3n) is 7.16. The molecule has 2 aromatic carbocycles. The summed E-state index contributed by atoms with van der Waals surface area (Å²) in [4.78, 5) is 36.1. The molecule has 1 amide bonds. The Bertz CT molecular complexity index is 1780. The highest BCUT2D eigenvalue weighted by atomic mass is 32.1. The van der Waals surface area contributed by atoms with Crippen molar-refractivity contribution in [2.24, 2.45) is 0 Å². The van der Waals surface area contributed by atoms with Gasteiger partial charge in [-0.15, -0.1) is 0 Å². The molecule has 9 nitrogen and oxygen atoms in total. The van der Waals surface area contributed by atoms with Crippen molar-refractivity contribution < 1.29 is 22.7 Å². The number of fused-ring (bicyclic) bond motifs is 1. The molecule has 2 aromatic heterocycles. The van der Waals surface area contributed by atoms with Crippen LogP contribution in [0.5, 0.6) is 0 Å². The predicted octanol–water partition coefficient (Wildman–Crippen LogP) is 6.23. The van der Waals surface area contributed by atoms with E-state index < -0.39 is 29.9 Å². The molecular formula is C31H31F3N6O3S. The van der Waals surface area contributed by atoms with Crippen LogP contribution in [0.2, 0.25) is 0 Å². The highest BCUT2D eigenvalue weighted by molar-refractivity contribution is 7.16. The number of pyridine rings is 1. The maximum Gasteiger partial charge on any atom is 0.410 e. The molecule has 0 bridgehead atoms. The fourth-order valence-corrected chi connectivity index (χ4v) is 5.88. The van der Waals surface area contributed by atoms with Crippen molar-refractivity contribution in [3.8, 4) is 17.3 Å². The smallest absolute Gasteiger partial charge is 0.410 e. The molecule has 1 aliphatic heterocycles. The Hall–Kier alpha value is -4.57. The number of hydrogen-bond acceptors (Lipinski definition) is 8. The largest absolute Gasteiger partial charge is 0.444 e. The molecule has 0 N–H and O–H groups in total. The Morgan fingerprint density at radius 2 is 1.80 bits per heavy atom. The molecule has 0 radical (unpaired) electrons. The van der Waals surface area contributed by atoms with Crippen LogP contribution in [-0.2, 0) is 11.3 Å². The van der Waals surface area contributed by atoms with Gasteiger partial charge in [0.25, 0.3) is 12.0 Å². The van der Waals surface area contributed by atoms with E-state index in [-0.39, 0.29) is 11.5 Å². The normalized spacial score (nSPS) is 13.8. The first-order valence-electron chi connectivity index (χ1n) is 13.9. The molecule has 0 atom stereocenters. The van der Waals surface area contributed by atoms with Gasteiger partial charge in [-0.2, -0.15) is 5.26 Å². The Morgan fingerprint density at radius 1 is 1.11 bits per heavy atom. The van der Waals surface area contributed by atoms with Gasteiger partial charge in [-0.25, -0.2) is 22.9 Å². The first-order valence-corrected chi connectivity index (χ1v) is 14.7. The lowest BCUT2D eigenvalue weighted by Crippen LogP contribution is -2.50. The second-order valence-corrected chi connectivity index (χ2v) is 12.4. The number of halogens is 3. The SMILES string of the molecule is CN(c1nc(-c2ccc(F)cc2)c(C#N)s1)c1cn(CC(F)F)c(=O)c2ccc(N3CCN(C(=O)OC(C)(C)C)CC3)cc12. The molecule has 1 saturated heterocycles. The molecule has 1 fully saturated rings. The molecule has 3 heterocycles. The molecule has 0 spiro atoms. The van der Waals surface area contributed by atoms with Gasteiger partial charge in [0.05, 0.1) is 12.2 Å². The van der Waals surface area contributed by atoms with E-state index in [0.717, 1.165) is 21.6 Å². The second-order valence-electron chi connectivity index (χ2n) is 11.4. The third-order valence-corrected chi connectivity index (χ3v) is 8.20. The highest BCUT2D eigenvalue weighted by Gasteiger charge is 2.27. The Labute approximate surface area is 256 Å². The average Bonchev–Trinajstić information content (AvgIpc) is 3.42. The van der Waals surface area contributed by atoms with Gasteiger partial charge in [0, 0.05) is 61.4 Å². The first-order chi connectivity index (χ1) is 20.8. The Balaban J connectivity index is 1.52. The fourth-order valence-electron chi connectivity index (χ4n) is 5.02. The van der Waals surface area contributed by atoms with Crippen LogP contribution in [0.4, 0.5) is 34.5 Å². The van der Waals surface area contributed by atoms with E-state index in [1.54, 1.807) is 29.0 Å². The maximum atomic E-state index is 13.5. The molecule has 1 aliphatic rings. The van der Waals surface area contributed by atoms with Crippen LogP contribution in [0.1, 0.15) is 25.6 Å². The molecule has 13 heteroatoms. The topological polar surface area (TPSA) is 94.7 Å². The zero-order valence-electron chi connectivity index (χ0n) is 24.7. The van der Waals surface area contributed by atoms with Crippen molar-refractivity contribution >= 4 is 44.7 Å². The van der Waals surface area contributed by atoms with Crippen molar-refractivity contribution in [2.45, 2.75) is 39.3 Å². The number of anilines is 3. The minimum absolute atomic E-state index is 0.252. The number of rotatable bonds is 6. The zero-order valence-corrected chi connectivity index (χ0v) is 25.5. The number of carbonyl (C=O) groups is 1. The van der Waals surface area contributed by atoms with E-state index in [2.05, 4.69) is 16.0 Å². The lowest BCUT2D eigenvalue weighted by atomic mass is 10.1. The van der Waals surface area contributed by atoms with Crippen molar-refractivity contribution in [1.29, 1.82) is 5.26 Å². The fraction of sp³-hybridized carbons (Fsp3) is 0.355. The quantitative estimate of drug-likeness (QED) is 0.251. The highest BCUT2D eigenvalue weighted by Crippen LogP contribution is 2.38. The van der Waals surface area contributed by atoms with Gasteiger partial charge in [-0.1, -0.05) is 11.3 Å². The molecule has 230 valence electrons. The van der Waals surface area contributed by atoms with E-state index in [1.165, 1.54) is 30.5 Å². The molecule has 44 heavy (non-hydrogen) atoms. The van der Waals surface area contributed by atoms with Crippen molar-refractivity contribution in [3.05, 3.63) is 69.7 Å². The average molecular weight is 625 g/mol. The third kappa shape index (κ3) is 6.50. The Morgan fingerprint density at radius 3 is 2.41 bits per heavy atom. The van der Waals surface area contributed by atoms with Crippen LogP contribution < -0.4 is 15.4 Å². The summed E-state index contributed by atoms with van der Waals surface area (Å²) in [5.41, 5.74) is 1.01. The summed E-state index contributed by atoms with van der Waals surface area (Å²) >= 11 is 1.10. The van der Waals surface area contributed by atoms with Crippen LogP contribution >= 0.6 is 11.3 Å². The number of nitriles is 1. The first kappa shape index (κ1) is 30.9. The number of thiazole rings is 1. The van der Waals surface area contributed by atoms with Gasteiger partial charge < -0.3 is 24.0 Å². The number of ether oxygens (including phenoxy) is 1. The Kier molecular flexibility index (Phi) is 8.56.